The second kappa shape index (κ2) is 5.76. The maximum absolute atomic E-state index is 11.1. The van der Waals surface area contributed by atoms with E-state index in [9.17, 15) is 15.2 Å². The molecule has 3 aromatic carbocycles. The van der Waals surface area contributed by atoms with Gasteiger partial charge in [-0.25, -0.2) is 4.98 Å². The van der Waals surface area contributed by atoms with Gasteiger partial charge in [0, 0.05) is 17.8 Å². The van der Waals surface area contributed by atoms with Crippen LogP contribution in [0, 0.1) is 10.1 Å². The van der Waals surface area contributed by atoms with E-state index in [1.807, 2.05) is 59.2 Å². The van der Waals surface area contributed by atoms with Crippen molar-refractivity contribution in [3.05, 3.63) is 82.9 Å². The number of phenolic OH excluding ortho intramolecular Hbond substituents is 1. The predicted octanol–water partition coefficient (Wildman–Crippen LogP) is 4.31. The summed E-state index contributed by atoms with van der Waals surface area (Å²) >= 11 is 0. The monoisotopic (exact) mass is 331 g/mol. The normalized spacial score (nSPS) is 10.9. The van der Waals surface area contributed by atoms with Gasteiger partial charge in [0.15, 0.2) is 0 Å². The first-order valence-electron chi connectivity index (χ1n) is 7.66. The predicted molar refractivity (Wildman–Crippen MR) is 94.8 cm³/mol. The summed E-state index contributed by atoms with van der Waals surface area (Å²) in [6, 6.07) is 21.1. The van der Waals surface area contributed by atoms with Crippen LogP contribution in [0.4, 0.5) is 5.69 Å². The summed E-state index contributed by atoms with van der Waals surface area (Å²) in [5, 5.41) is 21.4. The van der Waals surface area contributed by atoms with Crippen LogP contribution in [0.25, 0.3) is 28.1 Å². The summed E-state index contributed by atoms with van der Waals surface area (Å²) in [7, 11) is 0. The number of rotatable bonds is 3. The van der Waals surface area contributed by atoms with Crippen molar-refractivity contribution >= 4 is 16.7 Å². The van der Waals surface area contributed by atoms with Gasteiger partial charge in [-0.1, -0.05) is 30.3 Å². The molecule has 0 radical (unpaired) electrons. The van der Waals surface area contributed by atoms with Crippen LogP contribution >= 0.6 is 0 Å². The molecule has 6 nitrogen and oxygen atoms in total. The van der Waals surface area contributed by atoms with E-state index in [1.54, 1.807) is 0 Å². The Balaban J connectivity index is 2.06. The number of aromatic nitrogens is 2. The molecular formula is C19H13N3O3. The fourth-order valence-corrected chi connectivity index (χ4v) is 2.86. The summed E-state index contributed by atoms with van der Waals surface area (Å²) < 4.78 is 1.88. The highest BCUT2D eigenvalue weighted by atomic mass is 16.6. The molecule has 0 bridgehead atoms. The van der Waals surface area contributed by atoms with Crippen LogP contribution in [0.5, 0.6) is 5.75 Å². The van der Waals surface area contributed by atoms with E-state index >= 15 is 0 Å². The van der Waals surface area contributed by atoms with Gasteiger partial charge in [-0.15, -0.1) is 0 Å². The largest absolute Gasteiger partial charge is 0.507 e. The average molecular weight is 331 g/mol. The minimum Gasteiger partial charge on any atom is -0.507 e. The molecule has 1 aromatic heterocycles. The van der Waals surface area contributed by atoms with Crippen LogP contribution < -0.4 is 0 Å². The van der Waals surface area contributed by atoms with Gasteiger partial charge >= 0.3 is 0 Å². The first kappa shape index (κ1) is 14.9. The van der Waals surface area contributed by atoms with Crippen molar-refractivity contribution in [3.63, 3.8) is 0 Å². The van der Waals surface area contributed by atoms with Crippen LogP contribution in [-0.2, 0) is 0 Å². The van der Waals surface area contributed by atoms with Crippen LogP contribution in [-0.4, -0.2) is 19.6 Å². The number of nitro groups is 1. The van der Waals surface area contributed by atoms with E-state index in [0.29, 0.717) is 11.4 Å². The zero-order chi connectivity index (χ0) is 17.4. The molecule has 6 heteroatoms. The fraction of sp³-hybridized carbons (Fsp3) is 0. The topological polar surface area (TPSA) is 81.2 Å². The number of aromatic hydroxyl groups is 1. The first-order valence-corrected chi connectivity index (χ1v) is 7.66. The Kier molecular flexibility index (Phi) is 3.43. The highest BCUT2D eigenvalue weighted by Gasteiger charge is 2.19. The summed E-state index contributed by atoms with van der Waals surface area (Å²) in [5.74, 6) is 0.395. The van der Waals surface area contributed by atoms with Crippen LogP contribution in [0.2, 0.25) is 0 Å². The molecule has 0 aliphatic heterocycles. The van der Waals surface area contributed by atoms with Crippen molar-refractivity contribution in [2.24, 2.45) is 0 Å². The molecule has 0 atom stereocenters. The Morgan fingerprint density at radius 1 is 0.960 bits per heavy atom. The molecule has 0 saturated heterocycles. The van der Waals surface area contributed by atoms with Gasteiger partial charge in [0.2, 0.25) is 0 Å². The number of benzene rings is 3. The molecule has 0 saturated carbocycles. The molecule has 4 rings (SSSR count). The third-order valence-corrected chi connectivity index (χ3v) is 4.01. The zero-order valence-corrected chi connectivity index (χ0v) is 13.0. The van der Waals surface area contributed by atoms with Crippen LogP contribution in [0.3, 0.4) is 0 Å². The summed E-state index contributed by atoms with van der Waals surface area (Å²) in [4.78, 5) is 15.2. The minimum atomic E-state index is -0.488. The number of phenols is 1. The van der Waals surface area contributed by atoms with E-state index in [0.717, 1.165) is 16.7 Å². The van der Waals surface area contributed by atoms with Gasteiger partial charge in [0.05, 0.1) is 21.5 Å². The van der Waals surface area contributed by atoms with Gasteiger partial charge in [-0.2, -0.15) is 0 Å². The molecule has 1 N–H and O–H groups in total. The molecular weight excluding hydrogens is 318 g/mol. The van der Waals surface area contributed by atoms with E-state index in [1.165, 1.54) is 18.2 Å². The van der Waals surface area contributed by atoms with Crippen molar-refractivity contribution < 1.29 is 10.0 Å². The number of imidazole rings is 1. The van der Waals surface area contributed by atoms with Crippen LogP contribution in [0.15, 0.2) is 72.8 Å². The molecule has 0 aliphatic rings. The number of fused-ring (bicyclic) bond motifs is 1. The molecule has 0 amide bonds. The fourth-order valence-electron chi connectivity index (χ4n) is 2.86. The third kappa shape index (κ3) is 2.49. The highest BCUT2D eigenvalue weighted by Crippen LogP contribution is 2.35. The van der Waals surface area contributed by atoms with Gasteiger partial charge in [0.1, 0.15) is 11.6 Å². The number of hydrogen-bond acceptors (Lipinski definition) is 4. The molecule has 0 aliphatic carbocycles. The van der Waals surface area contributed by atoms with E-state index in [4.69, 9.17) is 0 Å². The zero-order valence-electron chi connectivity index (χ0n) is 13.0. The maximum atomic E-state index is 11.1. The Labute approximate surface area is 142 Å². The summed E-state index contributed by atoms with van der Waals surface area (Å²) in [6.07, 6.45) is 0. The number of nitro benzene ring substituents is 1. The van der Waals surface area contributed by atoms with Gasteiger partial charge in [0.25, 0.3) is 5.69 Å². The van der Waals surface area contributed by atoms with Crippen molar-refractivity contribution in [1.82, 2.24) is 9.55 Å². The lowest BCUT2D eigenvalue weighted by atomic mass is 10.1. The van der Waals surface area contributed by atoms with Gasteiger partial charge in [-0.3, -0.25) is 14.7 Å². The van der Waals surface area contributed by atoms with E-state index < -0.39 is 4.92 Å². The third-order valence-electron chi connectivity index (χ3n) is 4.01. The number of non-ortho nitro benzene ring substituents is 1. The molecule has 1 heterocycles. The SMILES string of the molecule is O=[N+]([O-])c1ccc(O)c(-c2nc3ccccc3n2-c2ccccc2)c1. The highest BCUT2D eigenvalue weighted by molar-refractivity contribution is 5.84. The Hall–Kier alpha value is -3.67. The minimum absolute atomic E-state index is 0.0573. The number of para-hydroxylation sites is 3. The molecule has 4 aromatic rings. The number of hydrogen-bond donors (Lipinski definition) is 1. The lowest BCUT2D eigenvalue weighted by Gasteiger charge is -2.10. The Bertz CT molecular complexity index is 1090. The van der Waals surface area contributed by atoms with Crippen molar-refractivity contribution in [1.29, 1.82) is 0 Å². The summed E-state index contributed by atoms with van der Waals surface area (Å²) in [6.45, 7) is 0. The second-order valence-electron chi connectivity index (χ2n) is 5.55. The van der Waals surface area contributed by atoms with E-state index in [-0.39, 0.29) is 11.4 Å². The lowest BCUT2D eigenvalue weighted by Crippen LogP contribution is -1.98. The second-order valence-corrected chi connectivity index (χ2v) is 5.55. The van der Waals surface area contributed by atoms with Crippen LogP contribution in [0.1, 0.15) is 0 Å². The van der Waals surface area contributed by atoms with Crippen molar-refractivity contribution in [2.75, 3.05) is 0 Å². The van der Waals surface area contributed by atoms with Crippen molar-refractivity contribution in [3.8, 4) is 22.8 Å². The molecule has 25 heavy (non-hydrogen) atoms. The maximum Gasteiger partial charge on any atom is 0.270 e. The van der Waals surface area contributed by atoms with Gasteiger partial charge < -0.3 is 5.11 Å². The smallest absolute Gasteiger partial charge is 0.270 e. The Morgan fingerprint density at radius 2 is 1.68 bits per heavy atom. The average Bonchev–Trinajstić information content (AvgIpc) is 3.02. The van der Waals surface area contributed by atoms with E-state index in [2.05, 4.69) is 4.98 Å². The molecule has 0 spiro atoms. The lowest BCUT2D eigenvalue weighted by molar-refractivity contribution is -0.384. The molecule has 0 fully saturated rings. The molecule has 122 valence electrons. The number of nitrogens with zero attached hydrogens (tertiary/aromatic N) is 3. The van der Waals surface area contributed by atoms with Gasteiger partial charge in [-0.05, 0) is 30.3 Å². The van der Waals surface area contributed by atoms with Crippen molar-refractivity contribution in [2.45, 2.75) is 0 Å². The molecule has 0 unspecified atom stereocenters. The quantitative estimate of drug-likeness (QED) is 0.448. The Morgan fingerprint density at radius 3 is 2.44 bits per heavy atom. The standard InChI is InChI=1S/C19H13N3O3/c23-18-11-10-14(22(24)25)12-15(18)19-20-16-8-4-5-9-17(16)21(19)13-6-2-1-3-7-13/h1-12,23H. The first-order chi connectivity index (χ1) is 12.1. The summed E-state index contributed by atoms with van der Waals surface area (Å²) in [5.41, 5.74) is 2.67.